The Morgan fingerprint density at radius 1 is 1.36 bits per heavy atom. The summed E-state index contributed by atoms with van der Waals surface area (Å²) in [5.41, 5.74) is 0. The van der Waals surface area contributed by atoms with E-state index in [0.29, 0.717) is 12.0 Å². The molecule has 1 radical (unpaired) electrons. The van der Waals surface area contributed by atoms with E-state index in [1.165, 1.54) is 0 Å². The molecule has 0 aromatic rings. The van der Waals surface area contributed by atoms with Crippen molar-refractivity contribution in [3.05, 3.63) is 6.42 Å². The van der Waals surface area contributed by atoms with E-state index < -0.39 is 0 Å². The predicted molar refractivity (Wildman–Crippen MR) is 46.6 cm³/mol. The summed E-state index contributed by atoms with van der Waals surface area (Å²) >= 11 is 0. The first-order chi connectivity index (χ1) is 5.20. The van der Waals surface area contributed by atoms with Crippen LogP contribution in [0.4, 0.5) is 0 Å². The van der Waals surface area contributed by atoms with Gasteiger partial charge in [0.25, 0.3) is 0 Å². The Bertz CT molecular complexity index is 123. The molecule has 0 heterocycles. The molecule has 0 aliphatic carbocycles. The van der Waals surface area contributed by atoms with Crippen molar-refractivity contribution in [3.8, 4) is 5.92 Å². The first-order valence-corrected chi connectivity index (χ1v) is 4.15. The fourth-order valence-electron chi connectivity index (χ4n) is 0.902. The molecule has 1 nitrogen and oxygen atoms in total. The molecule has 0 fully saturated rings. The molecule has 0 aromatic heterocycles. The lowest BCUT2D eigenvalue weighted by atomic mass is 10.0. The van der Waals surface area contributed by atoms with Gasteiger partial charge in [-0.1, -0.05) is 12.8 Å². The molecule has 0 saturated heterocycles. The highest BCUT2D eigenvalue weighted by Crippen LogP contribution is 2.09. The summed E-state index contributed by atoms with van der Waals surface area (Å²) in [6.45, 7) is 4.09. The molecule has 1 heteroatoms. The van der Waals surface area contributed by atoms with Gasteiger partial charge < -0.3 is 4.74 Å². The molecule has 0 bridgehead atoms. The highest BCUT2D eigenvalue weighted by Gasteiger charge is 2.01. The Balaban J connectivity index is 3.21. The Kier molecular flexibility index (Phi) is 5.97. The summed E-state index contributed by atoms with van der Waals surface area (Å²) in [5.74, 6) is 2.77. The molecule has 0 saturated carbocycles. The van der Waals surface area contributed by atoms with Crippen molar-refractivity contribution >= 4 is 0 Å². The number of hydrogen-bond donors (Lipinski definition) is 0. The van der Waals surface area contributed by atoms with Gasteiger partial charge in [0.05, 0.1) is 6.10 Å². The van der Waals surface area contributed by atoms with Crippen molar-refractivity contribution in [2.75, 3.05) is 7.11 Å². The Labute approximate surface area is 70.1 Å². The average Bonchev–Trinajstić information content (AvgIpc) is 2.04. The Hall–Kier alpha value is -0.480. The predicted octanol–water partition coefficient (Wildman–Crippen LogP) is 2.42. The van der Waals surface area contributed by atoms with E-state index in [1.54, 1.807) is 7.11 Å². The third kappa shape index (κ3) is 5.94. The first kappa shape index (κ1) is 10.5. The van der Waals surface area contributed by atoms with Gasteiger partial charge in [-0.15, -0.1) is 0 Å². The lowest BCUT2D eigenvalue weighted by molar-refractivity contribution is 0.108. The van der Waals surface area contributed by atoms with Crippen molar-refractivity contribution in [1.29, 1.82) is 0 Å². The lowest BCUT2D eigenvalue weighted by Gasteiger charge is -2.09. The second kappa shape index (κ2) is 6.24. The molecule has 0 rings (SSSR count). The van der Waals surface area contributed by atoms with Gasteiger partial charge in [0.2, 0.25) is 0 Å². The number of ether oxygens (including phenoxy) is 1. The van der Waals surface area contributed by atoms with Crippen LogP contribution < -0.4 is 0 Å². The van der Waals surface area contributed by atoms with Crippen LogP contribution in [0.3, 0.4) is 0 Å². The van der Waals surface area contributed by atoms with E-state index in [-0.39, 0.29) is 0 Å². The minimum absolute atomic E-state index is 0.305. The van der Waals surface area contributed by atoms with Crippen LogP contribution in [0.5, 0.6) is 0 Å². The topological polar surface area (TPSA) is 9.23 Å². The van der Waals surface area contributed by atoms with Crippen LogP contribution in [-0.2, 0) is 4.74 Å². The maximum atomic E-state index is 6.86. The van der Waals surface area contributed by atoms with Crippen molar-refractivity contribution in [2.45, 2.75) is 39.2 Å². The molecule has 0 N–H and O–H groups in total. The highest BCUT2D eigenvalue weighted by molar-refractivity contribution is 4.83. The second-order valence-electron chi connectivity index (χ2n) is 3.02. The van der Waals surface area contributed by atoms with Crippen molar-refractivity contribution in [3.63, 3.8) is 0 Å². The van der Waals surface area contributed by atoms with Crippen molar-refractivity contribution in [1.82, 2.24) is 0 Å². The van der Waals surface area contributed by atoms with E-state index in [2.05, 4.69) is 12.8 Å². The zero-order valence-electron chi connectivity index (χ0n) is 7.68. The molecule has 0 aliphatic heterocycles. The molecular weight excluding hydrogens is 136 g/mol. The maximum Gasteiger partial charge on any atom is 0.0543 e. The van der Waals surface area contributed by atoms with Crippen LogP contribution in [0.2, 0.25) is 0 Å². The molecular formula is C10H17O. The van der Waals surface area contributed by atoms with E-state index in [0.717, 1.165) is 19.3 Å². The van der Waals surface area contributed by atoms with Gasteiger partial charge in [0.15, 0.2) is 0 Å². The van der Waals surface area contributed by atoms with Crippen molar-refractivity contribution in [2.24, 2.45) is 5.92 Å². The highest BCUT2D eigenvalue weighted by atomic mass is 16.5. The van der Waals surface area contributed by atoms with Crippen LogP contribution in [0.1, 0.15) is 33.1 Å². The number of methoxy groups -OCH3 is 1. The standard InChI is InChI=1S/C10H17O/c1-5-9(2)7-6-8-10(3)11-4/h9-10H,6-8H2,2-4H3. The smallest absolute Gasteiger partial charge is 0.0543 e. The van der Waals surface area contributed by atoms with Crippen molar-refractivity contribution < 1.29 is 4.74 Å². The first-order valence-electron chi connectivity index (χ1n) is 4.15. The third-order valence-electron chi connectivity index (χ3n) is 1.90. The number of rotatable bonds is 5. The lowest BCUT2D eigenvalue weighted by Crippen LogP contribution is -2.04. The van der Waals surface area contributed by atoms with Crippen LogP contribution in [0.25, 0.3) is 0 Å². The van der Waals surface area contributed by atoms with Crippen LogP contribution >= 0.6 is 0 Å². The van der Waals surface area contributed by atoms with E-state index >= 15 is 0 Å². The molecule has 11 heavy (non-hydrogen) atoms. The summed E-state index contributed by atoms with van der Waals surface area (Å²) in [6, 6.07) is 0. The van der Waals surface area contributed by atoms with Crippen LogP contribution in [0.15, 0.2) is 0 Å². The minimum Gasteiger partial charge on any atom is -0.382 e. The van der Waals surface area contributed by atoms with Gasteiger partial charge in [0, 0.05) is 13.0 Å². The Morgan fingerprint density at radius 2 is 2.00 bits per heavy atom. The maximum absolute atomic E-state index is 6.86. The fraction of sp³-hybridized carbons (Fsp3) is 0.800. The molecule has 0 aliphatic rings. The van der Waals surface area contributed by atoms with Gasteiger partial charge in [-0.25, -0.2) is 0 Å². The molecule has 0 amide bonds. The van der Waals surface area contributed by atoms with Crippen LogP contribution in [-0.4, -0.2) is 13.2 Å². The van der Waals surface area contributed by atoms with Gasteiger partial charge in [-0.05, 0) is 32.6 Å². The van der Waals surface area contributed by atoms with Gasteiger partial charge in [-0.3, -0.25) is 0 Å². The van der Waals surface area contributed by atoms with Gasteiger partial charge in [0.1, 0.15) is 0 Å². The normalized spacial score (nSPS) is 15.5. The zero-order valence-corrected chi connectivity index (χ0v) is 7.68. The number of hydrogen-bond acceptors (Lipinski definition) is 1. The Morgan fingerprint density at radius 3 is 2.45 bits per heavy atom. The zero-order chi connectivity index (χ0) is 8.69. The summed E-state index contributed by atoms with van der Waals surface area (Å²) in [4.78, 5) is 0. The third-order valence-corrected chi connectivity index (χ3v) is 1.90. The van der Waals surface area contributed by atoms with E-state index in [4.69, 9.17) is 11.2 Å². The summed E-state index contributed by atoms with van der Waals surface area (Å²) < 4.78 is 5.10. The molecule has 2 unspecified atom stereocenters. The fourth-order valence-corrected chi connectivity index (χ4v) is 0.902. The van der Waals surface area contributed by atoms with E-state index in [1.807, 2.05) is 6.92 Å². The molecule has 0 spiro atoms. The summed E-state index contributed by atoms with van der Waals surface area (Å²) in [6.07, 6.45) is 10.5. The average molecular weight is 153 g/mol. The summed E-state index contributed by atoms with van der Waals surface area (Å²) in [5, 5.41) is 0. The molecule has 0 aromatic carbocycles. The SMILES string of the molecule is [C]#CC(C)CCCC(C)OC. The minimum atomic E-state index is 0.305. The monoisotopic (exact) mass is 153 g/mol. The molecule has 63 valence electrons. The van der Waals surface area contributed by atoms with Gasteiger partial charge >= 0.3 is 0 Å². The summed E-state index contributed by atoms with van der Waals surface area (Å²) in [7, 11) is 1.73. The molecule has 2 atom stereocenters. The van der Waals surface area contributed by atoms with E-state index in [9.17, 15) is 0 Å². The van der Waals surface area contributed by atoms with Gasteiger partial charge in [-0.2, -0.15) is 0 Å². The van der Waals surface area contributed by atoms with Crippen LogP contribution in [0, 0.1) is 18.3 Å². The second-order valence-corrected chi connectivity index (χ2v) is 3.02. The largest absolute Gasteiger partial charge is 0.382 e. The quantitative estimate of drug-likeness (QED) is 0.551.